The van der Waals surface area contributed by atoms with Crippen LogP contribution in [0.25, 0.3) is 0 Å². The van der Waals surface area contributed by atoms with Crippen LogP contribution >= 0.6 is 0 Å². The zero-order valence-corrected chi connectivity index (χ0v) is 5.07. The molecule has 2 aliphatic rings. The molecule has 0 bridgehead atoms. The molecule has 0 N–H and O–H groups in total. The van der Waals surface area contributed by atoms with Gasteiger partial charge in [0.05, 0.1) is 0 Å². The summed E-state index contributed by atoms with van der Waals surface area (Å²) >= 11 is 0. The lowest BCUT2D eigenvalue weighted by Crippen LogP contribution is -1.79. The highest BCUT2D eigenvalue weighted by atomic mass is 15.6. The molecular weight excluding hydrogens is 102 g/mol. The van der Waals surface area contributed by atoms with Gasteiger partial charge in [-0.3, -0.25) is 5.01 Å². The van der Waals surface area contributed by atoms with Crippen LogP contribution in [0.4, 0.5) is 0 Å². The van der Waals surface area contributed by atoms with E-state index in [-0.39, 0.29) is 0 Å². The Bertz CT molecular complexity index is 99.6. The normalized spacial score (nSPS) is 17.8. The fourth-order valence-corrected chi connectivity index (χ4v) is 0.118. The highest BCUT2D eigenvalue weighted by Crippen LogP contribution is 1.96. The van der Waals surface area contributed by atoms with Gasteiger partial charge in [0.15, 0.2) is 0 Å². The predicted molar refractivity (Wildman–Crippen MR) is 33.2 cm³/mol. The molecular formula is C5H9N3. The zero-order chi connectivity index (χ0) is 5.98. The van der Waals surface area contributed by atoms with Crippen molar-refractivity contribution in [3.8, 4) is 0 Å². The lowest BCUT2D eigenvalue weighted by atomic mass is 11.3. The van der Waals surface area contributed by atoms with Gasteiger partial charge in [-0.1, -0.05) is 0 Å². The number of nitrogens with zero attached hydrogens (tertiary/aromatic N) is 3. The average Bonchev–Trinajstić information content (AvgIpc) is 2.47. The summed E-state index contributed by atoms with van der Waals surface area (Å²) in [4.78, 5) is 2.00. The van der Waals surface area contributed by atoms with E-state index >= 15 is 0 Å². The molecule has 3 nitrogen and oxygen atoms in total. The predicted octanol–water partition coefficient (Wildman–Crippen LogP) is 0.278. The average molecular weight is 111 g/mol. The molecule has 0 amide bonds. The largest absolute Gasteiger partial charge is 0.354 e. The lowest BCUT2D eigenvalue weighted by molar-refractivity contribution is 0.691. The van der Waals surface area contributed by atoms with Gasteiger partial charge in [-0.2, -0.15) is 5.10 Å². The first-order valence-corrected chi connectivity index (χ1v) is 2.46. The minimum absolute atomic E-state index is 1.75. The summed E-state index contributed by atoms with van der Waals surface area (Å²) in [5.41, 5.74) is 0. The maximum absolute atomic E-state index is 3.61. The van der Waals surface area contributed by atoms with E-state index in [2.05, 4.69) is 5.10 Å². The molecule has 44 valence electrons. The zero-order valence-electron chi connectivity index (χ0n) is 5.07. The topological polar surface area (TPSA) is 18.4 Å². The molecule has 0 aromatic rings. The van der Waals surface area contributed by atoms with Crippen LogP contribution in [-0.2, 0) is 0 Å². The van der Waals surface area contributed by atoms with Crippen LogP contribution < -0.4 is 0 Å². The van der Waals surface area contributed by atoms with Crippen LogP contribution in [-0.4, -0.2) is 30.3 Å². The molecule has 8 heavy (non-hydrogen) atoms. The van der Waals surface area contributed by atoms with Crippen molar-refractivity contribution in [3.05, 3.63) is 12.4 Å². The molecule has 0 saturated carbocycles. The number of hydrogen-bond donors (Lipinski definition) is 0. The molecule has 2 heterocycles. The smallest absolute Gasteiger partial charge is 0.132 e. The first-order valence-electron chi connectivity index (χ1n) is 2.46. The fourth-order valence-electron chi connectivity index (χ4n) is 0.118. The summed E-state index contributed by atoms with van der Waals surface area (Å²) in [7, 11) is 3.89. The Morgan fingerprint density at radius 3 is 1.50 bits per heavy atom. The van der Waals surface area contributed by atoms with Gasteiger partial charge in [0, 0.05) is 26.5 Å². The van der Waals surface area contributed by atoms with Gasteiger partial charge < -0.3 is 4.90 Å². The number of hydrazone groups is 1. The van der Waals surface area contributed by atoms with Crippen LogP contribution in [0, 0.1) is 0 Å². The van der Waals surface area contributed by atoms with E-state index in [0.29, 0.717) is 0 Å². The minimum Gasteiger partial charge on any atom is -0.354 e. The lowest BCUT2D eigenvalue weighted by Gasteiger charge is -1.74. The first-order chi connectivity index (χ1) is 3.79. The Morgan fingerprint density at radius 1 is 1.25 bits per heavy atom. The molecule has 0 aliphatic carbocycles. The SMILES string of the molecule is CN1C=C1.CN1C=N1. The summed E-state index contributed by atoms with van der Waals surface area (Å²) in [6.45, 7) is 0. The maximum Gasteiger partial charge on any atom is 0.132 e. The molecule has 3 heteroatoms. The fraction of sp³-hybridized carbons (Fsp3) is 0.400. The molecule has 0 spiro atoms. The third-order valence-corrected chi connectivity index (χ3v) is 0.794. The third kappa shape index (κ3) is 3.21. The Kier molecular flexibility index (Phi) is 1.20. The molecule has 0 saturated heterocycles. The quantitative estimate of drug-likeness (QED) is 0.447. The van der Waals surface area contributed by atoms with E-state index in [0.717, 1.165) is 0 Å². The summed E-state index contributed by atoms with van der Waals surface area (Å²) in [6.07, 6.45) is 5.75. The van der Waals surface area contributed by atoms with Gasteiger partial charge in [-0.25, -0.2) is 0 Å². The minimum atomic E-state index is 1.75. The van der Waals surface area contributed by atoms with Crippen LogP contribution in [0.3, 0.4) is 0 Å². The van der Waals surface area contributed by atoms with E-state index < -0.39 is 0 Å². The monoisotopic (exact) mass is 111 g/mol. The Morgan fingerprint density at radius 2 is 1.50 bits per heavy atom. The van der Waals surface area contributed by atoms with Crippen molar-refractivity contribution in [1.82, 2.24) is 9.91 Å². The van der Waals surface area contributed by atoms with E-state index in [1.165, 1.54) is 0 Å². The van der Waals surface area contributed by atoms with Crippen LogP contribution in [0.5, 0.6) is 0 Å². The van der Waals surface area contributed by atoms with Gasteiger partial charge in [-0.15, -0.1) is 0 Å². The van der Waals surface area contributed by atoms with Gasteiger partial charge in [0.25, 0.3) is 0 Å². The van der Waals surface area contributed by atoms with Crippen molar-refractivity contribution in [1.29, 1.82) is 0 Å². The van der Waals surface area contributed by atoms with Crippen molar-refractivity contribution in [2.45, 2.75) is 0 Å². The number of hydrogen-bond acceptors (Lipinski definition) is 3. The van der Waals surface area contributed by atoms with Crippen LogP contribution in [0.2, 0.25) is 0 Å². The second kappa shape index (κ2) is 1.86. The summed E-state index contributed by atoms with van der Waals surface area (Å²) in [5.74, 6) is 0. The molecule has 0 atom stereocenters. The molecule has 0 aromatic heterocycles. The second-order valence-electron chi connectivity index (χ2n) is 1.77. The van der Waals surface area contributed by atoms with Gasteiger partial charge in [-0.05, 0) is 0 Å². The summed E-state index contributed by atoms with van der Waals surface area (Å²) in [6, 6.07) is 0. The second-order valence-corrected chi connectivity index (χ2v) is 1.77. The van der Waals surface area contributed by atoms with Crippen molar-refractivity contribution in [3.63, 3.8) is 0 Å². The molecule has 0 aromatic carbocycles. The molecule has 2 rings (SSSR count). The van der Waals surface area contributed by atoms with Crippen molar-refractivity contribution < 1.29 is 0 Å². The Labute approximate surface area is 48.9 Å². The van der Waals surface area contributed by atoms with E-state index in [1.807, 2.05) is 31.4 Å². The number of rotatable bonds is 0. The Hall–Kier alpha value is -0.990. The first kappa shape index (κ1) is 5.15. The van der Waals surface area contributed by atoms with Gasteiger partial charge in [0.1, 0.15) is 6.34 Å². The van der Waals surface area contributed by atoms with Gasteiger partial charge >= 0.3 is 0 Å². The van der Waals surface area contributed by atoms with Crippen molar-refractivity contribution >= 4 is 6.34 Å². The molecule has 0 radical (unpaired) electrons. The molecule has 0 unspecified atom stereocenters. The van der Waals surface area contributed by atoms with Crippen molar-refractivity contribution in [2.24, 2.45) is 5.10 Å². The molecule has 2 aliphatic heterocycles. The molecule has 0 fully saturated rings. The maximum atomic E-state index is 3.61. The standard InChI is InChI=1S/C3H5N.C2H4N2/c2*1-4-2-3-4/h2-3H,1H3;2H,1H3. The highest BCUT2D eigenvalue weighted by molar-refractivity contribution is 5.64. The van der Waals surface area contributed by atoms with Gasteiger partial charge in [0.2, 0.25) is 0 Å². The highest BCUT2D eigenvalue weighted by Gasteiger charge is 1.92. The van der Waals surface area contributed by atoms with E-state index in [1.54, 1.807) is 11.3 Å². The summed E-state index contributed by atoms with van der Waals surface area (Å²) < 4.78 is 0. The van der Waals surface area contributed by atoms with Crippen LogP contribution in [0.1, 0.15) is 0 Å². The Balaban J connectivity index is 0.0000000800. The van der Waals surface area contributed by atoms with E-state index in [4.69, 9.17) is 0 Å². The van der Waals surface area contributed by atoms with Crippen molar-refractivity contribution in [2.75, 3.05) is 14.1 Å². The third-order valence-electron chi connectivity index (χ3n) is 0.794. The van der Waals surface area contributed by atoms with Crippen LogP contribution in [0.15, 0.2) is 17.5 Å². The van der Waals surface area contributed by atoms with E-state index in [9.17, 15) is 0 Å². The summed E-state index contributed by atoms with van der Waals surface area (Å²) in [5, 5.41) is 5.36.